The predicted octanol–water partition coefficient (Wildman–Crippen LogP) is 3.05. The molecule has 1 fully saturated rings. The lowest BCUT2D eigenvalue weighted by molar-refractivity contribution is -0.138. The van der Waals surface area contributed by atoms with Crippen LogP contribution < -0.4 is 4.72 Å². The summed E-state index contributed by atoms with van der Waals surface area (Å²) in [6.07, 6.45) is 1.24. The van der Waals surface area contributed by atoms with Crippen molar-refractivity contribution in [2.45, 2.75) is 39.5 Å². The first kappa shape index (κ1) is 16.8. The normalized spacial score (nSPS) is 21.4. The molecule has 0 aliphatic heterocycles. The molecule has 1 aliphatic carbocycles. The largest absolute Gasteiger partial charge is 0.481 e. The molecule has 1 aliphatic rings. The quantitative estimate of drug-likeness (QED) is 0.842. The van der Waals surface area contributed by atoms with Crippen LogP contribution in [-0.2, 0) is 14.8 Å². The first-order valence-corrected chi connectivity index (χ1v) is 9.06. The Labute approximate surface area is 131 Å². The molecule has 0 bridgehead atoms. The molecule has 2 atom stereocenters. The van der Waals surface area contributed by atoms with Crippen LogP contribution in [0.5, 0.6) is 0 Å². The van der Waals surface area contributed by atoms with E-state index < -0.39 is 16.0 Å². The molecule has 2 N–H and O–H groups in total. The number of benzene rings is 1. The van der Waals surface area contributed by atoms with Crippen LogP contribution in [0.25, 0.3) is 0 Å². The van der Waals surface area contributed by atoms with E-state index in [0.29, 0.717) is 18.5 Å². The van der Waals surface area contributed by atoms with Gasteiger partial charge in [0.15, 0.2) is 0 Å². The highest BCUT2D eigenvalue weighted by Crippen LogP contribution is 2.47. The molecule has 0 heterocycles. The minimum Gasteiger partial charge on any atom is -0.481 e. The third-order valence-corrected chi connectivity index (χ3v) is 5.13. The third kappa shape index (κ3) is 4.73. The summed E-state index contributed by atoms with van der Waals surface area (Å²) in [4.78, 5) is 10.9. The Morgan fingerprint density at radius 2 is 1.86 bits per heavy atom. The standard InChI is InChI=1S/C16H23NO4S/c1-16(2,3)8-9-22(20,21)17-12-6-4-11(5-7-12)13-10-14(13)15(18)19/h4-7,13-14,17H,8-10H2,1-3H3,(H,18,19)/t13-,14+/m0/s1. The highest BCUT2D eigenvalue weighted by molar-refractivity contribution is 7.92. The number of aliphatic carboxylic acids is 1. The van der Waals surface area contributed by atoms with Crippen molar-refractivity contribution < 1.29 is 18.3 Å². The summed E-state index contributed by atoms with van der Waals surface area (Å²) in [6.45, 7) is 6.02. The molecule has 0 unspecified atom stereocenters. The number of hydrogen-bond acceptors (Lipinski definition) is 3. The van der Waals surface area contributed by atoms with Crippen molar-refractivity contribution in [3.63, 3.8) is 0 Å². The van der Waals surface area contributed by atoms with Crippen LogP contribution in [0, 0.1) is 11.3 Å². The fraction of sp³-hybridized carbons (Fsp3) is 0.562. The SMILES string of the molecule is CC(C)(C)CCS(=O)(=O)Nc1ccc([C@@H]2C[C@H]2C(=O)O)cc1. The Balaban J connectivity index is 1.95. The molecule has 22 heavy (non-hydrogen) atoms. The van der Waals surface area contributed by atoms with Crippen LogP contribution in [0.3, 0.4) is 0 Å². The van der Waals surface area contributed by atoms with Gasteiger partial charge in [-0.05, 0) is 41.9 Å². The molecule has 5 nitrogen and oxygen atoms in total. The van der Waals surface area contributed by atoms with Gasteiger partial charge in [0.1, 0.15) is 0 Å². The lowest BCUT2D eigenvalue weighted by Gasteiger charge is -2.18. The Morgan fingerprint density at radius 3 is 2.32 bits per heavy atom. The second kappa shape index (κ2) is 5.91. The van der Waals surface area contributed by atoms with Crippen molar-refractivity contribution in [3.8, 4) is 0 Å². The highest BCUT2D eigenvalue weighted by Gasteiger charge is 2.44. The van der Waals surface area contributed by atoms with Crippen molar-refractivity contribution in [3.05, 3.63) is 29.8 Å². The number of anilines is 1. The maximum Gasteiger partial charge on any atom is 0.307 e. The zero-order valence-electron chi connectivity index (χ0n) is 13.2. The smallest absolute Gasteiger partial charge is 0.307 e. The molecule has 1 saturated carbocycles. The predicted molar refractivity (Wildman–Crippen MR) is 86.4 cm³/mol. The Morgan fingerprint density at radius 1 is 1.27 bits per heavy atom. The fourth-order valence-corrected chi connectivity index (χ4v) is 3.78. The Bertz CT molecular complexity index is 644. The van der Waals surface area contributed by atoms with Crippen molar-refractivity contribution >= 4 is 21.7 Å². The molecule has 1 aromatic rings. The summed E-state index contributed by atoms with van der Waals surface area (Å²) in [7, 11) is -3.35. The van der Waals surface area contributed by atoms with Crippen molar-refractivity contribution in [1.29, 1.82) is 0 Å². The molecule has 2 rings (SSSR count). The van der Waals surface area contributed by atoms with E-state index in [1.807, 2.05) is 20.8 Å². The number of hydrogen-bond donors (Lipinski definition) is 2. The van der Waals surface area contributed by atoms with Crippen LogP contribution in [0.4, 0.5) is 5.69 Å². The lowest BCUT2D eigenvalue weighted by Crippen LogP contribution is -2.20. The molecular formula is C16H23NO4S. The summed E-state index contributed by atoms with van der Waals surface area (Å²) in [5.74, 6) is -0.919. The van der Waals surface area contributed by atoms with Gasteiger partial charge in [-0.25, -0.2) is 8.42 Å². The second-order valence-electron chi connectivity index (χ2n) is 7.14. The zero-order valence-corrected chi connectivity index (χ0v) is 14.0. The van der Waals surface area contributed by atoms with E-state index in [4.69, 9.17) is 5.11 Å². The van der Waals surface area contributed by atoms with E-state index in [0.717, 1.165) is 5.56 Å². The summed E-state index contributed by atoms with van der Waals surface area (Å²) in [5.41, 5.74) is 1.44. The van der Waals surface area contributed by atoms with E-state index >= 15 is 0 Å². The molecule has 0 aromatic heterocycles. The average molecular weight is 325 g/mol. The van der Waals surface area contributed by atoms with Crippen LogP contribution in [0.15, 0.2) is 24.3 Å². The van der Waals surface area contributed by atoms with Crippen LogP contribution in [-0.4, -0.2) is 25.2 Å². The highest BCUT2D eigenvalue weighted by atomic mass is 32.2. The summed E-state index contributed by atoms with van der Waals surface area (Å²) in [6, 6.07) is 6.99. The number of carboxylic acids is 1. The first-order valence-electron chi connectivity index (χ1n) is 7.41. The minimum absolute atomic E-state index is 0.0313. The van der Waals surface area contributed by atoms with Crippen molar-refractivity contribution in [2.75, 3.05) is 10.5 Å². The third-order valence-electron chi connectivity index (χ3n) is 3.84. The molecular weight excluding hydrogens is 302 g/mol. The summed E-state index contributed by atoms with van der Waals surface area (Å²) < 4.78 is 26.6. The average Bonchev–Trinajstić information content (AvgIpc) is 3.17. The fourth-order valence-electron chi connectivity index (χ4n) is 2.31. The molecule has 6 heteroatoms. The first-order chi connectivity index (χ1) is 10.1. The Hall–Kier alpha value is -1.56. The van der Waals surface area contributed by atoms with Gasteiger partial charge in [-0.1, -0.05) is 32.9 Å². The van der Waals surface area contributed by atoms with Gasteiger partial charge in [-0.2, -0.15) is 0 Å². The number of sulfonamides is 1. The van der Waals surface area contributed by atoms with Gasteiger partial charge in [0.2, 0.25) is 10.0 Å². The molecule has 1 aromatic carbocycles. The van der Waals surface area contributed by atoms with Crippen LogP contribution >= 0.6 is 0 Å². The molecule has 0 radical (unpaired) electrons. The Kier molecular flexibility index (Phi) is 4.52. The molecule has 0 saturated heterocycles. The number of carbonyl (C=O) groups is 1. The number of carboxylic acid groups (broad SMARTS) is 1. The van der Waals surface area contributed by atoms with Gasteiger partial charge >= 0.3 is 5.97 Å². The summed E-state index contributed by atoms with van der Waals surface area (Å²) >= 11 is 0. The summed E-state index contributed by atoms with van der Waals surface area (Å²) in [5, 5.41) is 8.93. The van der Waals surface area contributed by atoms with Gasteiger partial charge in [0.05, 0.1) is 11.7 Å². The van der Waals surface area contributed by atoms with Crippen molar-refractivity contribution in [2.24, 2.45) is 11.3 Å². The zero-order chi connectivity index (χ0) is 16.5. The van der Waals surface area contributed by atoms with Crippen molar-refractivity contribution in [1.82, 2.24) is 0 Å². The van der Waals surface area contributed by atoms with Crippen LogP contribution in [0.1, 0.15) is 45.1 Å². The van der Waals surface area contributed by atoms with Gasteiger partial charge in [-0.15, -0.1) is 0 Å². The monoisotopic (exact) mass is 325 g/mol. The maximum atomic E-state index is 12.0. The van der Waals surface area contributed by atoms with E-state index in [-0.39, 0.29) is 23.0 Å². The van der Waals surface area contributed by atoms with E-state index in [1.165, 1.54) is 0 Å². The lowest BCUT2D eigenvalue weighted by atomic mass is 9.94. The molecule has 0 amide bonds. The van der Waals surface area contributed by atoms with Gasteiger partial charge < -0.3 is 5.11 Å². The van der Waals surface area contributed by atoms with E-state index in [9.17, 15) is 13.2 Å². The van der Waals surface area contributed by atoms with E-state index in [2.05, 4.69) is 4.72 Å². The van der Waals surface area contributed by atoms with Gasteiger partial charge in [0, 0.05) is 5.69 Å². The topological polar surface area (TPSA) is 83.5 Å². The van der Waals surface area contributed by atoms with Gasteiger partial charge in [-0.3, -0.25) is 9.52 Å². The van der Waals surface area contributed by atoms with E-state index in [1.54, 1.807) is 24.3 Å². The molecule has 122 valence electrons. The second-order valence-corrected chi connectivity index (χ2v) is 8.98. The van der Waals surface area contributed by atoms with Gasteiger partial charge in [0.25, 0.3) is 0 Å². The molecule has 0 spiro atoms. The van der Waals surface area contributed by atoms with Crippen LogP contribution in [0.2, 0.25) is 0 Å². The number of rotatable bonds is 6. The minimum atomic E-state index is -3.35. The number of nitrogens with one attached hydrogen (secondary N) is 1. The maximum absolute atomic E-state index is 12.0.